The number of unbranched alkanes of at least 4 members (excludes halogenated alkanes) is 1. The molecule has 3 N–H and O–H groups in total. The SMILES string of the molecule is CCCCN(CCN)C(=O)CN1C[C@H](c2ccc3c(c2)OCO3)[C@@H](C(=O)O)[C@@H]1CCCc1ccccc1OC. The summed E-state index contributed by atoms with van der Waals surface area (Å²) in [6.07, 6.45) is 4.08. The van der Waals surface area contributed by atoms with Crippen molar-refractivity contribution in [1.29, 1.82) is 0 Å². The summed E-state index contributed by atoms with van der Waals surface area (Å²) in [6, 6.07) is 13.3. The van der Waals surface area contributed by atoms with Crippen LogP contribution in [0.3, 0.4) is 0 Å². The summed E-state index contributed by atoms with van der Waals surface area (Å²) in [4.78, 5) is 30.1. The number of nitrogens with zero attached hydrogens (tertiary/aromatic N) is 2. The van der Waals surface area contributed by atoms with Crippen LogP contribution in [-0.4, -0.2) is 79.5 Å². The number of methoxy groups -OCH3 is 1. The Labute approximate surface area is 230 Å². The number of rotatable bonds is 14. The molecule has 0 aliphatic carbocycles. The van der Waals surface area contributed by atoms with Gasteiger partial charge in [-0.3, -0.25) is 14.5 Å². The van der Waals surface area contributed by atoms with Gasteiger partial charge in [0.1, 0.15) is 5.75 Å². The second-order valence-electron chi connectivity index (χ2n) is 10.3. The lowest BCUT2D eigenvalue weighted by Crippen LogP contribution is -2.45. The normalized spacial score (nSPS) is 20.2. The van der Waals surface area contributed by atoms with Crippen LogP contribution in [-0.2, 0) is 16.0 Å². The molecule has 0 aromatic heterocycles. The average Bonchev–Trinajstić information content (AvgIpc) is 3.55. The smallest absolute Gasteiger partial charge is 0.308 e. The van der Waals surface area contributed by atoms with E-state index in [1.54, 1.807) is 7.11 Å². The third kappa shape index (κ3) is 6.83. The van der Waals surface area contributed by atoms with Crippen LogP contribution < -0.4 is 19.9 Å². The third-order valence-corrected chi connectivity index (χ3v) is 7.87. The summed E-state index contributed by atoms with van der Waals surface area (Å²) < 4.78 is 16.5. The molecule has 0 bridgehead atoms. The summed E-state index contributed by atoms with van der Waals surface area (Å²) in [5.74, 6) is 0.343. The lowest BCUT2D eigenvalue weighted by Gasteiger charge is -2.29. The number of benzene rings is 2. The lowest BCUT2D eigenvalue weighted by molar-refractivity contribution is -0.143. The molecule has 2 aromatic carbocycles. The number of aliphatic carboxylic acids is 1. The molecule has 0 spiro atoms. The number of likely N-dealkylation sites (tertiary alicyclic amines) is 1. The molecule has 2 heterocycles. The first-order valence-electron chi connectivity index (χ1n) is 13.9. The summed E-state index contributed by atoms with van der Waals surface area (Å²) in [5, 5.41) is 10.5. The quantitative estimate of drug-likeness (QED) is 0.375. The monoisotopic (exact) mass is 539 g/mol. The van der Waals surface area contributed by atoms with Gasteiger partial charge in [0.2, 0.25) is 12.7 Å². The molecule has 0 saturated carbocycles. The number of nitrogens with two attached hydrogens (primary N) is 1. The Morgan fingerprint density at radius 3 is 2.67 bits per heavy atom. The van der Waals surface area contributed by atoms with Crippen molar-refractivity contribution in [3.05, 3.63) is 53.6 Å². The number of hydrogen-bond acceptors (Lipinski definition) is 7. The van der Waals surface area contributed by atoms with Crippen molar-refractivity contribution < 1.29 is 28.9 Å². The van der Waals surface area contributed by atoms with E-state index in [0.717, 1.165) is 42.6 Å². The maximum atomic E-state index is 13.4. The molecule has 39 heavy (non-hydrogen) atoms. The van der Waals surface area contributed by atoms with Gasteiger partial charge in [-0.05, 0) is 55.0 Å². The minimum Gasteiger partial charge on any atom is -0.496 e. The maximum absolute atomic E-state index is 13.4. The van der Waals surface area contributed by atoms with E-state index in [4.69, 9.17) is 19.9 Å². The Bertz CT molecular complexity index is 1130. The fourth-order valence-corrected chi connectivity index (χ4v) is 5.88. The van der Waals surface area contributed by atoms with Gasteiger partial charge in [0.05, 0.1) is 19.6 Å². The van der Waals surface area contributed by atoms with E-state index < -0.39 is 11.9 Å². The summed E-state index contributed by atoms with van der Waals surface area (Å²) >= 11 is 0. The second kappa shape index (κ2) is 13.7. The van der Waals surface area contributed by atoms with Crippen LogP contribution in [0.25, 0.3) is 0 Å². The van der Waals surface area contributed by atoms with Gasteiger partial charge < -0.3 is 30.0 Å². The van der Waals surface area contributed by atoms with Crippen molar-refractivity contribution >= 4 is 11.9 Å². The largest absolute Gasteiger partial charge is 0.496 e. The molecule has 3 atom stereocenters. The number of carbonyl (C=O) groups excluding carboxylic acids is 1. The van der Waals surface area contributed by atoms with Crippen LogP contribution in [0.2, 0.25) is 0 Å². The highest BCUT2D eigenvalue weighted by Crippen LogP contribution is 2.43. The zero-order chi connectivity index (χ0) is 27.8. The van der Waals surface area contributed by atoms with Crippen molar-refractivity contribution in [3.8, 4) is 17.2 Å². The first kappa shape index (κ1) is 28.7. The topological polar surface area (TPSA) is 115 Å². The minimum absolute atomic E-state index is 0.000830. The summed E-state index contributed by atoms with van der Waals surface area (Å²) in [6.45, 7) is 4.46. The van der Waals surface area contributed by atoms with Gasteiger partial charge in [-0.1, -0.05) is 37.6 Å². The standard InChI is InChI=1S/C30H41N3O6/c1-3-4-15-32(16-14-31)28(34)19-33-18-23(22-12-13-26-27(17-22)39-20-38-26)29(30(35)36)24(33)10-7-9-21-8-5-6-11-25(21)37-2/h5-6,8,11-13,17,23-24,29H,3-4,7,9-10,14-16,18-20,31H2,1-2H3,(H,35,36)/t23-,24+,29-/m1/s1. The van der Waals surface area contributed by atoms with Crippen molar-refractivity contribution in [2.75, 3.05) is 46.6 Å². The molecular weight excluding hydrogens is 498 g/mol. The van der Waals surface area contributed by atoms with Crippen LogP contribution in [0.1, 0.15) is 49.7 Å². The van der Waals surface area contributed by atoms with Crippen LogP contribution in [0.4, 0.5) is 0 Å². The number of fused-ring (bicyclic) bond motifs is 1. The van der Waals surface area contributed by atoms with Gasteiger partial charge in [0, 0.05) is 38.1 Å². The maximum Gasteiger partial charge on any atom is 0.308 e. The number of para-hydroxylation sites is 1. The number of carbonyl (C=O) groups is 2. The molecular formula is C30H41N3O6. The van der Waals surface area contributed by atoms with Crippen LogP contribution >= 0.6 is 0 Å². The predicted molar refractivity (Wildman–Crippen MR) is 148 cm³/mol. The molecule has 2 aromatic rings. The molecule has 2 aliphatic heterocycles. The van der Waals surface area contributed by atoms with E-state index >= 15 is 0 Å². The molecule has 212 valence electrons. The molecule has 0 radical (unpaired) electrons. The third-order valence-electron chi connectivity index (χ3n) is 7.87. The van der Waals surface area contributed by atoms with Crippen molar-refractivity contribution in [2.45, 2.75) is 51.0 Å². The number of carboxylic acid groups (broad SMARTS) is 1. The number of amides is 1. The Hall–Kier alpha value is -3.30. The lowest BCUT2D eigenvalue weighted by atomic mass is 9.83. The first-order chi connectivity index (χ1) is 19.0. The first-order valence-corrected chi connectivity index (χ1v) is 13.9. The van der Waals surface area contributed by atoms with Gasteiger partial charge in [0.25, 0.3) is 0 Å². The van der Waals surface area contributed by atoms with E-state index in [1.807, 2.05) is 47.4 Å². The van der Waals surface area contributed by atoms with E-state index in [-0.39, 0.29) is 31.2 Å². The molecule has 4 rings (SSSR count). The zero-order valence-corrected chi connectivity index (χ0v) is 23.0. The number of aryl methyl sites for hydroxylation is 1. The average molecular weight is 540 g/mol. The molecule has 2 aliphatic rings. The molecule has 9 heteroatoms. The Kier molecular flexibility index (Phi) is 10.1. The van der Waals surface area contributed by atoms with Gasteiger partial charge in [-0.15, -0.1) is 0 Å². The van der Waals surface area contributed by atoms with Crippen LogP contribution in [0.5, 0.6) is 17.2 Å². The van der Waals surface area contributed by atoms with Crippen LogP contribution in [0, 0.1) is 5.92 Å². The second-order valence-corrected chi connectivity index (χ2v) is 10.3. The fourth-order valence-electron chi connectivity index (χ4n) is 5.88. The number of hydrogen-bond donors (Lipinski definition) is 2. The number of carboxylic acids is 1. The van der Waals surface area contributed by atoms with Gasteiger partial charge >= 0.3 is 5.97 Å². The summed E-state index contributed by atoms with van der Waals surface area (Å²) in [5.41, 5.74) is 7.79. The Morgan fingerprint density at radius 2 is 1.92 bits per heavy atom. The highest BCUT2D eigenvalue weighted by Gasteiger charge is 2.47. The molecule has 9 nitrogen and oxygen atoms in total. The van der Waals surface area contributed by atoms with Crippen molar-refractivity contribution in [2.24, 2.45) is 11.7 Å². The predicted octanol–water partition coefficient (Wildman–Crippen LogP) is 3.50. The molecule has 0 unspecified atom stereocenters. The highest BCUT2D eigenvalue weighted by atomic mass is 16.7. The van der Waals surface area contributed by atoms with Gasteiger partial charge in [-0.25, -0.2) is 0 Å². The zero-order valence-electron chi connectivity index (χ0n) is 23.0. The van der Waals surface area contributed by atoms with Gasteiger partial charge in [0.15, 0.2) is 11.5 Å². The molecule has 1 amide bonds. The van der Waals surface area contributed by atoms with E-state index in [0.29, 0.717) is 44.1 Å². The molecule has 1 saturated heterocycles. The van der Waals surface area contributed by atoms with E-state index in [9.17, 15) is 14.7 Å². The summed E-state index contributed by atoms with van der Waals surface area (Å²) in [7, 11) is 1.66. The van der Waals surface area contributed by atoms with Crippen molar-refractivity contribution in [3.63, 3.8) is 0 Å². The van der Waals surface area contributed by atoms with E-state index in [2.05, 4.69) is 11.8 Å². The minimum atomic E-state index is -0.847. The van der Waals surface area contributed by atoms with Gasteiger partial charge in [-0.2, -0.15) is 0 Å². The molecule has 1 fully saturated rings. The van der Waals surface area contributed by atoms with Crippen molar-refractivity contribution in [1.82, 2.24) is 9.80 Å². The van der Waals surface area contributed by atoms with E-state index in [1.165, 1.54) is 0 Å². The van der Waals surface area contributed by atoms with Crippen LogP contribution in [0.15, 0.2) is 42.5 Å². The Balaban J connectivity index is 1.57. The highest BCUT2D eigenvalue weighted by molar-refractivity contribution is 5.79. The fraction of sp³-hybridized carbons (Fsp3) is 0.533. The Morgan fingerprint density at radius 1 is 1.13 bits per heavy atom. The number of ether oxygens (including phenoxy) is 3.